The topological polar surface area (TPSA) is 95.1 Å². The lowest BCUT2D eigenvalue weighted by molar-refractivity contribution is 0.0694. The maximum Gasteiger partial charge on any atom is 0.273 e. The second kappa shape index (κ2) is 5.74. The second-order valence-corrected chi connectivity index (χ2v) is 4.02. The number of nitrogens with one attached hydrogen (secondary N) is 1. The van der Waals surface area contributed by atoms with E-state index in [-0.39, 0.29) is 11.9 Å². The highest BCUT2D eigenvalue weighted by molar-refractivity contribution is 5.92. The molecule has 1 aromatic heterocycles. The smallest absolute Gasteiger partial charge is 0.273 e. The standard InChI is InChI=1S/C10H17N5O2/c11-3-4-15-7-9(13-14-15)10(16)12-8-1-5-17-6-2-8/h7-8H,1-6,11H2,(H,12,16). The average Bonchev–Trinajstić information content (AvgIpc) is 2.79. The molecule has 0 spiro atoms. The molecule has 0 atom stereocenters. The molecule has 0 aliphatic carbocycles. The fourth-order valence-corrected chi connectivity index (χ4v) is 1.75. The minimum absolute atomic E-state index is 0.177. The summed E-state index contributed by atoms with van der Waals surface area (Å²) in [5.74, 6) is -0.180. The van der Waals surface area contributed by atoms with Crippen LogP contribution in [0.25, 0.3) is 0 Å². The predicted molar refractivity (Wildman–Crippen MR) is 60.4 cm³/mol. The van der Waals surface area contributed by atoms with E-state index in [2.05, 4.69) is 15.6 Å². The fourth-order valence-electron chi connectivity index (χ4n) is 1.75. The van der Waals surface area contributed by atoms with Crippen molar-refractivity contribution in [2.75, 3.05) is 19.8 Å². The Bertz CT molecular complexity index is 373. The summed E-state index contributed by atoms with van der Waals surface area (Å²) >= 11 is 0. The lowest BCUT2D eigenvalue weighted by atomic mass is 10.1. The molecular weight excluding hydrogens is 222 g/mol. The van der Waals surface area contributed by atoms with Crippen molar-refractivity contribution in [2.45, 2.75) is 25.4 Å². The first kappa shape index (κ1) is 12.0. The third kappa shape index (κ3) is 3.24. The van der Waals surface area contributed by atoms with E-state index in [1.54, 1.807) is 10.9 Å². The van der Waals surface area contributed by atoms with Gasteiger partial charge in [-0.3, -0.25) is 9.48 Å². The van der Waals surface area contributed by atoms with Gasteiger partial charge in [-0.25, -0.2) is 0 Å². The molecule has 0 saturated carbocycles. The van der Waals surface area contributed by atoms with Crippen molar-refractivity contribution < 1.29 is 9.53 Å². The Morgan fingerprint density at radius 3 is 3.06 bits per heavy atom. The number of hydrogen-bond donors (Lipinski definition) is 2. The van der Waals surface area contributed by atoms with Gasteiger partial charge in [0, 0.05) is 25.8 Å². The molecule has 7 heteroatoms. The van der Waals surface area contributed by atoms with Crippen LogP contribution in [0, 0.1) is 0 Å². The minimum Gasteiger partial charge on any atom is -0.381 e. The van der Waals surface area contributed by atoms with Crippen LogP contribution < -0.4 is 11.1 Å². The summed E-state index contributed by atoms with van der Waals surface area (Å²) in [6.45, 7) is 2.44. The summed E-state index contributed by atoms with van der Waals surface area (Å²) < 4.78 is 6.79. The maximum absolute atomic E-state index is 11.8. The molecule has 0 radical (unpaired) electrons. The van der Waals surface area contributed by atoms with E-state index in [1.807, 2.05) is 0 Å². The zero-order chi connectivity index (χ0) is 12.1. The van der Waals surface area contributed by atoms with Crippen molar-refractivity contribution in [2.24, 2.45) is 5.73 Å². The molecule has 1 fully saturated rings. The summed E-state index contributed by atoms with van der Waals surface area (Å²) in [6, 6.07) is 0.177. The molecular formula is C10H17N5O2. The molecule has 2 rings (SSSR count). The molecule has 1 aliphatic rings. The van der Waals surface area contributed by atoms with E-state index in [9.17, 15) is 4.79 Å². The Kier molecular flexibility index (Phi) is 4.05. The van der Waals surface area contributed by atoms with Crippen LogP contribution in [0.1, 0.15) is 23.3 Å². The number of nitrogens with zero attached hydrogens (tertiary/aromatic N) is 3. The number of ether oxygens (including phenoxy) is 1. The quantitative estimate of drug-likeness (QED) is 0.713. The van der Waals surface area contributed by atoms with Crippen LogP contribution in [0.15, 0.2) is 6.20 Å². The Morgan fingerprint density at radius 2 is 2.35 bits per heavy atom. The van der Waals surface area contributed by atoms with Gasteiger partial charge in [-0.2, -0.15) is 0 Å². The van der Waals surface area contributed by atoms with Gasteiger partial charge in [-0.15, -0.1) is 5.10 Å². The van der Waals surface area contributed by atoms with E-state index in [0.29, 0.717) is 32.0 Å². The number of hydrogen-bond acceptors (Lipinski definition) is 5. The van der Waals surface area contributed by atoms with E-state index in [4.69, 9.17) is 10.5 Å². The number of carbonyl (C=O) groups is 1. The monoisotopic (exact) mass is 239 g/mol. The van der Waals surface area contributed by atoms with Crippen molar-refractivity contribution >= 4 is 5.91 Å². The van der Waals surface area contributed by atoms with Crippen molar-refractivity contribution in [3.8, 4) is 0 Å². The third-order valence-electron chi connectivity index (χ3n) is 2.69. The summed E-state index contributed by atoms with van der Waals surface area (Å²) in [4.78, 5) is 11.8. The van der Waals surface area contributed by atoms with Gasteiger partial charge in [0.05, 0.1) is 12.7 Å². The van der Waals surface area contributed by atoms with Crippen LogP contribution in [0.4, 0.5) is 0 Å². The zero-order valence-electron chi connectivity index (χ0n) is 9.63. The molecule has 0 aromatic carbocycles. The second-order valence-electron chi connectivity index (χ2n) is 4.02. The van der Waals surface area contributed by atoms with Gasteiger partial charge in [0.1, 0.15) is 0 Å². The average molecular weight is 239 g/mol. The van der Waals surface area contributed by atoms with Crippen LogP contribution >= 0.6 is 0 Å². The van der Waals surface area contributed by atoms with E-state index in [0.717, 1.165) is 12.8 Å². The summed E-state index contributed by atoms with van der Waals surface area (Å²) in [5, 5.41) is 10.6. The SMILES string of the molecule is NCCn1cc(C(=O)NC2CCOCC2)nn1. The summed E-state index contributed by atoms with van der Waals surface area (Å²) in [7, 11) is 0. The number of nitrogens with two attached hydrogens (primary N) is 1. The summed E-state index contributed by atoms with van der Waals surface area (Å²) in [6.07, 6.45) is 3.31. The number of aromatic nitrogens is 3. The molecule has 3 N–H and O–H groups in total. The molecule has 1 saturated heterocycles. The van der Waals surface area contributed by atoms with Crippen molar-refractivity contribution in [3.63, 3.8) is 0 Å². The van der Waals surface area contributed by atoms with E-state index < -0.39 is 0 Å². The van der Waals surface area contributed by atoms with Gasteiger partial charge < -0.3 is 15.8 Å². The van der Waals surface area contributed by atoms with Crippen LogP contribution in [0.3, 0.4) is 0 Å². The number of carbonyl (C=O) groups excluding carboxylic acids is 1. The summed E-state index contributed by atoms with van der Waals surface area (Å²) in [5.41, 5.74) is 5.73. The molecule has 0 unspecified atom stereocenters. The van der Waals surface area contributed by atoms with Gasteiger partial charge in [0.2, 0.25) is 0 Å². The Hall–Kier alpha value is -1.47. The van der Waals surface area contributed by atoms with Crippen LogP contribution in [0.2, 0.25) is 0 Å². The highest BCUT2D eigenvalue weighted by Gasteiger charge is 2.18. The van der Waals surface area contributed by atoms with Crippen molar-refractivity contribution in [3.05, 3.63) is 11.9 Å². The van der Waals surface area contributed by atoms with E-state index in [1.165, 1.54) is 0 Å². The molecule has 2 heterocycles. The Labute approximate surface area is 99.3 Å². The fraction of sp³-hybridized carbons (Fsp3) is 0.700. The Morgan fingerprint density at radius 1 is 1.59 bits per heavy atom. The highest BCUT2D eigenvalue weighted by atomic mass is 16.5. The van der Waals surface area contributed by atoms with Crippen LogP contribution in [-0.4, -0.2) is 46.7 Å². The highest BCUT2D eigenvalue weighted by Crippen LogP contribution is 2.07. The lowest BCUT2D eigenvalue weighted by Crippen LogP contribution is -2.39. The lowest BCUT2D eigenvalue weighted by Gasteiger charge is -2.22. The molecule has 7 nitrogen and oxygen atoms in total. The largest absolute Gasteiger partial charge is 0.381 e. The first-order chi connectivity index (χ1) is 8.29. The zero-order valence-corrected chi connectivity index (χ0v) is 9.63. The van der Waals surface area contributed by atoms with Crippen molar-refractivity contribution in [1.82, 2.24) is 20.3 Å². The van der Waals surface area contributed by atoms with Gasteiger partial charge in [-0.1, -0.05) is 5.21 Å². The molecule has 1 aliphatic heterocycles. The maximum atomic E-state index is 11.8. The first-order valence-corrected chi connectivity index (χ1v) is 5.78. The van der Waals surface area contributed by atoms with Crippen LogP contribution in [0.5, 0.6) is 0 Å². The Balaban J connectivity index is 1.89. The molecule has 94 valence electrons. The first-order valence-electron chi connectivity index (χ1n) is 5.78. The molecule has 17 heavy (non-hydrogen) atoms. The number of amides is 1. The minimum atomic E-state index is -0.180. The molecule has 1 amide bonds. The number of rotatable bonds is 4. The van der Waals surface area contributed by atoms with Crippen LogP contribution in [-0.2, 0) is 11.3 Å². The van der Waals surface area contributed by atoms with Gasteiger partial charge >= 0.3 is 0 Å². The molecule has 1 aromatic rings. The van der Waals surface area contributed by atoms with Crippen molar-refractivity contribution in [1.29, 1.82) is 0 Å². The normalized spacial score (nSPS) is 17.0. The predicted octanol–water partition coefficient (Wildman–Crippen LogP) is -0.854. The van der Waals surface area contributed by atoms with Gasteiger partial charge in [-0.05, 0) is 12.8 Å². The van der Waals surface area contributed by atoms with E-state index >= 15 is 0 Å². The third-order valence-corrected chi connectivity index (χ3v) is 2.69. The van der Waals surface area contributed by atoms with Gasteiger partial charge in [0.15, 0.2) is 5.69 Å². The molecule has 0 bridgehead atoms. The van der Waals surface area contributed by atoms with Gasteiger partial charge in [0.25, 0.3) is 5.91 Å².